The maximum atomic E-state index is 11.9. The van der Waals surface area contributed by atoms with E-state index in [1.165, 1.54) is 36.0 Å². The molecule has 0 atom stereocenters. The highest BCUT2D eigenvalue weighted by atomic mass is 32.2. The Morgan fingerprint density at radius 1 is 1.21 bits per heavy atom. The molecule has 0 aliphatic carbocycles. The Hall–Kier alpha value is -2.45. The van der Waals surface area contributed by atoms with Gasteiger partial charge >= 0.3 is 5.97 Å². The molecule has 6 nitrogen and oxygen atoms in total. The van der Waals surface area contributed by atoms with Gasteiger partial charge in [0.25, 0.3) is 5.69 Å². The van der Waals surface area contributed by atoms with Crippen molar-refractivity contribution in [3.8, 4) is 0 Å². The van der Waals surface area contributed by atoms with Crippen LogP contribution in [-0.2, 0) is 4.74 Å². The lowest BCUT2D eigenvalue weighted by Gasteiger charge is -2.03. The second-order valence-corrected chi connectivity index (χ2v) is 7.11. The van der Waals surface area contributed by atoms with Gasteiger partial charge in [-0.2, -0.15) is 0 Å². The quantitative estimate of drug-likeness (QED) is 0.216. The number of aromatic nitrogens is 1. The Balaban J connectivity index is 1.48. The van der Waals surface area contributed by atoms with Crippen molar-refractivity contribution in [3.63, 3.8) is 0 Å². The smallest absolute Gasteiger partial charge is 0.338 e. The Morgan fingerprint density at radius 2 is 1.96 bits per heavy atom. The number of thiazole rings is 1. The van der Waals surface area contributed by atoms with Gasteiger partial charge in [0.15, 0.2) is 4.34 Å². The summed E-state index contributed by atoms with van der Waals surface area (Å²) < 4.78 is 7.23. The van der Waals surface area contributed by atoms with E-state index in [0.29, 0.717) is 11.3 Å². The standard InChI is InChI=1S/C16H12N2O4S2/c19-15(11-5-7-12(8-6-11)18(20)21)22-9-10-23-16-17-13-3-1-2-4-14(13)24-16/h1-8H,9-10H2. The average Bonchev–Trinajstić information content (AvgIpc) is 3.01. The molecule has 0 fully saturated rings. The van der Waals surface area contributed by atoms with E-state index >= 15 is 0 Å². The first-order valence-electron chi connectivity index (χ1n) is 7.03. The van der Waals surface area contributed by atoms with E-state index in [9.17, 15) is 14.9 Å². The minimum absolute atomic E-state index is 0.0575. The SMILES string of the molecule is O=C(OCCSc1nc2ccccc2s1)c1ccc([N+](=O)[O-])cc1. The van der Waals surface area contributed by atoms with E-state index in [4.69, 9.17) is 4.74 Å². The lowest BCUT2D eigenvalue weighted by Crippen LogP contribution is -2.07. The average molecular weight is 360 g/mol. The number of esters is 1. The van der Waals surface area contributed by atoms with Gasteiger partial charge in [-0.3, -0.25) is 10.1 Å². The lowest BCUT2D eigenvalue weighted by atomic mass is 10.2. The lowest BCUT2D eigenvalue weighted by molar-refractivity contribution is -0.384. The Kier molecular flexibility index (Phi) is 5.07. The van der Waals surface area contributed by atoms with Crippen molar-refractivity contribution < 1.29 is 14.5 Å². The van der Waals surface area contributed by atoms with Crippen LogP contribution < -0.4 is 0 Å². The van der Waals surface area contributed by atoms with E-state index in [0.717, 1.165) is 14.6 Å². The van der Waals surface area contributed by atoms with Crippen molar-refractivity contribution in [1.29, 1.82) is 0 Å². The minimum atomic E-state index is -0.510. The van der Waals surface area contributed by atoms with Gasteiger partial charge in [-0.05, 0) is 24.3 Å². The third-order valence-corrected chi connectivity index (χ3v) is 5.27. The zero-order chi connectivity index (χ0) is 16.9. The first kappa shape index (κ1) is 16.4. The molecule has 0 amide bonds. The number of rotatable bonds is 6. The first-order chi connectivity index (χ1) is 11.6. The Bertz CT molecular complexity index is 844. The van der Waals surface area contributed by atoms with Crippen LogP contribution in [0.1, 0.15) is 10.4 Å². The van der Waals surface area contributed by atoms with Crippen LogP contribution in [0.15, 0.2) is 52.9 Å². The number of nitro groups is 1. The fourth-order valence-corrected chi connectivity index (χ4v) is 3.93. The number of ether oxygens (including phenoxy) is 1. The highest BCUT2D eigenvalue weighted by molar-refractivity contribution is 8.01. The fraction of sp³-hybridized carbons (Fsp3) is 0.125. The zero-order valence-corrected chi connectivity index (χ0v) is 14.0. The molecule has 122 valence electrons. The number of para-hydroxylation sites is 1. The number of non-ortho nitro benzene ring substituents is 1. The van der Waals surface area contributed by atoms with E-state index in [1.54, 1.807) is 11.3 Å². The Labute approximate surface area is 145 Å². The van der Waals surface area contributed by atoms with Crippen molar-refractivity contribution in [2.75, 3.05) is 12.4 Å². The van der Waals surface area contributed by atoms with Crippen LogP contribution in [-0.4, -0.2) is 28.2 Å². The summed E-state index contributed by atoms with van der Waals surface area (Å²) in [6.45, 7) is 0.246. The summed E-state index contributed by atoms with van der Waals surface area (Å²) in [5.74, 6) is 0.105. The molecule has 0 spiro atoms. The highest BCUT2D eigenvalue weighted by Crippen LogP contribution is 2.29. The molecule has 1 heterocycles. The molecule has 0 radical (unpaired) electrons. The number of hydrogen-bond donors (Lipinski definition) is 0. The van der Waals surface area contributed by atoms with Crippen molar-refractivity contribution in [2.45, 2.75) is 4.34 Å². The van der Waals surface area contributed by atoms with E-state index < -0.39 is 10.9 Å². The third-order valence-electron chi connectivity index (χ3n) is 3.13. The number of hydrogen-bond acceptors (Lipinski definition) is 7. The molecule has 2 aromatic carbocycles. The topological polar surface area (TPSA) is 82.3 Å². The summed E-state index contributed by atoms with van der Waals surface area (Å²) >= 11 is 3.13. The molecule has 0 bridgehead atoms. The molecule has 3 aromatic rings. The maximum absolute atomic E-state index is 11.9. The van der Waals surface area contributed by atoms with Crippen LogP contribution in [0, 0.1) is 10.1 Å². The molecule has 0 aliphatic rings. The van der Waals surface area contributed by atoms with E-state index in [1.807, 2.05) is 24.3 Å². The van der Waals surface area contributed by atoms with Crippen molar-refractivity contribution in [1.82, 2.24) is 4.98 Å². The van der Waals surface area contributed by atoms with Gasteiger partial charge in [-0.1, -0.05) is 23.9 Å². The number of benzene rings is 2. The van der Waals surface area contributed by atoms with Gasteiger partial charge in [0.1, 0.15) is 6.61 Å². The summed E-state index contributed by atoms with van der Waals surface area (Å²) in [6.07, 6.45) is 0. The van der Waals surface area contributed by atoms with Crippen LogP contribution in [0.25, 0.3) is 10.2 Å². The molecule has 8 heteroatoms. The van der Waals surface area contributed by atoms with Gasteiger partial charge in [-0.25, -0.2) is 9.78 Å². The highest BCUT2D eigenvalue weighted by Gasteiger charge is 2.11. The molecule has 24 heavy (non-hydrogen) atoms. The molecule has 1 aromatic heterocycles. The van der Waals surface area contributed by atoms with Gasteiger partial charge in [0.2, 0.25) is 0 Å². The monoisotopic (exact) mass is 360 g/mol. The fourth-order valence-electron chi connectivity index (χ4n) is 1.98. The zero-order valence-electron chi connectivity index (χ0n) is 12.4. The van der Waals surface area contributed by atoms with Crippen LogP contribution in [0.2, 0.25) is 0 Å². The second kappa shape index (κ2) is 7.41. The van der Waals surface area contributed by atoms with Crippen LogP contribution in [0.3, 0.4) is 0 Å². The van der Waals surface area contributed by atoms with Crippen LogP contribution in [0.4, 0.5) is 5.69 Å². The number of nitrogens with zero attached hydrogens (tertiary/aromatic N) is 2. The maximum Gasteiger partial charge on any atom is 0.338 e. The number of carbonyl (C=O) groups is 1. The minimum Gasteiger partial charge on any atom is -0.461 e. The second-order valence-electron chi connectivity index (χ2n) is 4.74. The predicted octanol–water partition coefficient (Wildman–Crippen LogP) is 4.15. The van der Waals surface area contributed by atoms with Gasteiger partial charge < -0.3 is 4.74 Å². The Morgan fingerprint density at radius 3 is 2.67 bits per heavy atom. The van der Waals surface area contributed by atoms with Crippen LogP contribution >= 0.6 is 23.1 Å². The molecule has 3 rings (SSSR count). The number of thioether (sulfide) groups is 1. The molecule has 0 N–H and O–H groups in total. The molecule has 0 aliphatic heterocycles. The predicted molar refractivity (Wildman–Crippen MR) is 93.7 cm³/mol. The van der Waals surface area contributed by atoms with Gasteiger partial charge in [0.05, 0.1) is 20.7 Å². The summed E-state index contributed by atoms with van der Waals surface area (Å²) in [7, 11) is 0. The molecular weight excluding hydrogens is 348 g/mol. The molecule has 0 saturated carbocycles. The number of nitro benzene ring substituents is 1. The van der Waals surface area contributed by atoms with Crippen molar-refractivity contribution in [2.24, 2.45) is 0 Å². The number of carbonyl (C=O) groups excluding carboxylic acids is 1. The van der Waals surface area contributed by atoms with Gasteiger partial charge in [-0.15, -0.1) is 11.3 Å². The van der Waals surface area contributed by atoms with E-state index in [-0.39, 0.29) is 12.3 Å². The summed E-state index contributed by atoms with van der Waals surface area (Å²) in [5, 5.41) is 10.6. The van der Waals surface area contributed by atoms with E-state index in [2.05, 4.69) is 4.98 Å². The normalized spacial score (nSPS) is 10.7. The van der Waals surface area contributed by atoms with Crippen LogP contribution in [0.5, 0.6) is 0 Å². The third kappa shape index (κ3) is 3.90. The largest absolute Gasteiger partial charge is 0.461 e. The summed E-state index contributed by atoms with van der Waals surface area (Å²) in [4.78, 5) is 26.4. The molecule has 0 saturated heterocycles. The number of fused-ring (bicyclic) bond motifs is 1. The van der Waals surface area contributed by atoms with Gasteiger partial charge in [0, 0.05) is 17.9 Å². The summed E-state index contributed by atoms with van der Waals surface area (Å²) in [5.41, 5.74) is 1.21. The van der Waals surface area contributed by atoms with Crippen molar-refractivity contribution in [3.05, 3.63) is 64.2 Å². The first-order valence-corrected chi connectivity index (χ1v) is 8.83. The molecular formula is C16H12N2O4S2. The summed E-state index contributed by atoms with van der Waals surface area (Å²) in [6, 6.07) is 13.3. The van der Waals surface area contributed by atoms with Crippen molar-refractivity contribution >= 4 is 45.0 Å². The molecule has 0 unspecified atom stereocenters.